The van der Waals surface area contributed by atoms with Crippen molar-refractivity contribution >= 4 is 29.0 Å². The summed E-state index contributed by atoms with van der Waals surface area (Å²) >= 11 is 6.29. The van der Waals surface area contributed by atoms with E-state index in [4.69, 9.17) is 21.1 Å². The molecule has 2 amide bonds. The summed E-state index contributed by atoms with van der Waals surface area (Å²) < 4.78 is 11.5. The number of benzene rings is 2. The van der Waals surface area contributed by atoms with Crippen LogP contribution in [0.2, 0.25) is 5.02 Å². The minimum atomic E-state index is -0.116. The summed E-state index contributed by atoms with van der Waals surface area (Å²) in [5, 5.41) is 3.78. The predicted molar refractivity (Wildman–Crippen MR) is 144 cm³/mol. The summed E-state index contributed by atoms with van der Waals surface area (Å²) in [6.45, 7) is 14.9. The van der Waals surface area contributed by atoms with Crippen LogP contribution in [0.1, 0.15) is 33.3 Å². The van der Waals surface area contributed by atoms with Crippen molar-refractivity contribution in [3.8, 4) is 11.5 Å². The summed E-state index contributed by atoms with van der Waals surface area (Å²) in [5.74, 6) is 1.27. The van der Waals surface area contributed by atoms with E-state index in [0.29, 0.717) is 49.0 Å². The molecular formula is C27H39ClN4O3. The van der Waals surface area contributed by atoms with E-state index >= 15 is 0 Å². The molecule has 0 saturated carbocycles. The normalized spacial score (nSPS) is 14.1. The molecule has 8 heteroatoms. The van der Waals surface area contributed by atoms with E-state index in [1.165, 1.54) is 0 Å². The lowest BCUT2D eigenvalue weighted by molar-refractivity contribution is 0.140. The number of rotatable bonds is 9. The van der Waals surface area contributed by atoms with Crippen molar-refractivity contribution in [3.63, 3.8) is 0 Å². The molecule has 0 atom stereocenters. The van der Waals surface area contributed by atoms with Gasteiger partial charge in [-0.2, -0.15) is 0 Å². The Balaban J connectivity index is 1.58. The third-order valence-corrected chi connectivity index (χ3v) is 6.90. The van der Waals surface area contributed by atoms with Gasteiger partial charge in [-0.1, -0.05) is 17.7 Å². The van der Waals surface area contributed by atoms with Gasteiger partial charge in [-0.3, -0.25) is 4.90 Å². The number of ether oxygens (including phenoxy) is 2. The molecule has 0 aliphatic carbocycles. The lowest BCUT2D eigenvalue weighted by atomic mass is 10.1. The molecule has 3 rings (SSSR count). The number of halogens is 1. The summed E-state index contributed by atoms with van der Waals surface area (Å²) in [7, 11) is 1.62. The predicted octanol–water partition coefficient (Wildman–Crippen LogP) is 5.51. The van der Waals surface area contributed by atoms with E-state index in [1.54, 1.807) is 7.11 Å². The Morgan fingerprint density at radius 3 is 2.37 bits per heavy atom. The molecule has 0 radical (unpaired) electrons. The largest absolute Gasteiger partial charge is 0.493 e. The fourth-order valence-corrected chi connectivity index (χ4v) is 4.70. The van der Waals surface area contributed by atoms with Crippen LogP contribution in [-0.2, 0) is 0 Å². The quantitative estimate of drug-likeness (QED) is 0.490. The summed E-state index contributed by atoms with van der Waals surface area (Å²) in [5.41, 5.74) is 2.88. The first-order valence-corrected chi connectivity index (χ1v) is 12.7. The molecule has 0 unspecified atom stereocenters. The van der Waals surface area contributed by atoms with Crippen molar-refractivity contribution in [2.45, 2.75) is 46.7 Å². The second-order valence-electron chi connectivity index (χ2n) is 9.43. The van der Waals surface area contributed by atoms with Crippen LogP contribution in [0, 0.1) is 6.92 Å². The molecule has 1 aliphatic rings. The molecule has 2 aromatic carbocycles. The highest BCUT2D eigenvalue weighted by atomic mass is 35.5. The van der Waals surface area contributed by atoms with Crippen LogP contribution in [0.25, 0.3) is 0 Å². The van der Waals surface area contributed by atoms with Gasteiger partial charge < -0.3 is 24.6 Å². The monoisotopic (exact) mass is 502 g/mol. The van der Waals surface area contributed by atoms with E-state index in [-0.39, 0.29) is 6.03 Å². The maximum absolute atomic E-state index is 12.9. The Kier molecular flexibility index (Phi) is 9.52. The standard InChI is InChI=1S/C27H39ClN4O3/c1-19(2)32(20(3)4)16-17-35-26-18-22(10-11-25(26)34-6)29-27(33)31-14-12-30(13-15-31)24-9-7-8-23(28)21(24)5/h7-11,18-20H,12-17H2,1-6H3,(H,29,33). The molecule has 1 heterocycles. The Bertz CT molecular complexity index is 982. The average molecular weight is 503 g/mol. The van der Waals surface area contributed by atoms with Crippen LogP contribution in [0.4, 0.5) is 16.2 Å². The highest BCUT2D eigenvalue weighted by Gasteiger charge is 2.23. The minimum absolute atomic E-state index is 0.116. The number of urea groups is 1. The Morgan fingerprint density at radius 2 is 1.74 bits per heavy atom. The van der Waals surface area contributed by atoms with Gasteiger partial charge in [0.05, 0.1) is 7.11 Å². The van der Waals surface area contributed by atoms with E-state index in [0.717, 1.165) is 35.9 Å². The van der Waals surface area contributed by atoms with Gasteiger partial charge >= 0.3 is 6.03 Å². The molecule has 7 nitrogen and oxygen atoms in total. The maximum atomic E-state index is 12.9. The molecule has 1 saturated heterocycles. The van der Waals surface area contributed by atoms with E-state index in [2.05, 4.69) is 48.9 Å². The SMILES string of the molecule is COc1ccc(NC(=O)N2CCN(c3cccc(Cl)c3C)CC2)cc1OCCN(C(C)C)C(C)C. The Hall–Kier alpha value is -2.64. The Labute approximate surface area is 214 Å². The molecule has 1 N–H and O–H groups in total. The number of nitrogens with zero attached hydrogens (tertiary/aromatic N) is 3. The molecule has 35 heavy (non-hydrogen) atoms. The fourth-order valence-electron chi connectivity index (χ4n) is 4.53. The third kappa shape index (κ3) is 6.95. The lowest BCUT2D eigenvalue weighted by Gasteiger charge is -2.36. The molecule has 0 spiro atoms. The van der Waals surface area contributed by atoms with Crippen LogP contribution in [0.5, 0.6) is 11.5 Å². The first-order valence-electron chi connectivity index (χ1n) is 12.3. The van der Waals surface area contributed by atoms with Gasteiger partial charge in [-0.15, -0.1) is 0 Å². The Morgan fingerprint density at radius 1 is 1.06 bits per heavy atom. The van der Waals surface area contributed by atoms with Gasteiger partial charge in [0.2, 0.25) is 0 Å². The number of hydrogen-bond donors (Lipinski definition) is 1. The zero-order valence-corrected chi connectivity index (χ0v) is 22.6. The zero-order valence-electron chi connectivity index (χ0n) is 21.8. The number of nitrogens with one attached hydrogen (secondary N) is 1. The maximum Gasteiger partial charge on any atom is 0.321 e. The first-order chi connectivity index (χ1) is 16.7. The van der Waals surface area contributed by atoms with Gasteiger partial charge in [0.25, 0.3) is 0 Å². The number of piperazine rings is 1. The van der Waals surface area contributed by atoms with Crippen molar-refractivity contribution in [2.24, 2.45) is 0 Å². The second kappa shape index (κ2) is 12.4. The summed E-state index contributed by atoms with van der Waals surface area (Å²) in [6.07, 6.45) is 0. The van der Waals surface area contributed by atoms with Crippen molar-refractivity contribution in [2.75, 3.05) is 56.7 Å². The highest BCUT2D eigenvalue weighted by Crippen LogP contribution is 2.31. The van der Waals surface area contributed by atoms with E-state index in [9.17, 15) is 4.79 Å². The molecule has 192 valence electrons. The molecular weight excluding hydrogens is 464 g/mol. The van der Waals surface area contributed by atoms with Gasteiger partial charge in [-0.05, 0) is 64.4 Å². The molecule has 0 bridgehead atoms. The fraction of sp³-hybridized carbons (Fsp3) is 0.519. The third-order valence-electron chi connectivity index (χ3n) is 6.50. The number of carbonyl (C=O) groups excluding carboxylic acids is 1. The van der Waals surface area contributed by atoms with Crippen molar-refractivity contribution in [1.29, 1.82) is 0 Å². The van der Waals surface area contributed by atoms with Gasteiger partial charge in [0, 0.05) is 67.3 Å². The average Bonchev–Trinajstić information content (AvgIpc) is 2.83. The van der Waals surface area contributed by atoms with Crippen LogP contribution in [0.3, 0.4) is 0 Å². The zero-order chi connectivity index (χ0) is 25.5. The second-order valence-corrected chi connectivity index (χ2v) is 9.83. The number of carbonyl (C=O) groups is 1. The number of anilines is 2. The topological polar surface area (TPSA) is 57.3 Å². The highest BCUT2D eigenvalue weighted by molar-refractivity contribution is 6.31. The molecule has 2 aromatic rings. The number of hydrogen-bond acceptors (Lipinski definition) is 5. The van der Waals surface area contributed by atoms with Crippen molar-refractivity contribution in [3.05, 3.63) is 47.0 Å². The minimum Gasteiger partial charge on any atom is -0.493 e. The first kappa shape index (κ1) is 27.0. The van der Waals surface area contributed by atoms with E-state index < -0.39 is 0 Å². The molecule has 1 fully saturated rings. The lowest BCUT2D eigenvalue weighted by Crippen LogP contribution is -2.50. The smallest absolute Gasteiger partial charge is 0.321 e. The van der Waals surface area contributed by atoms with Crippen molar-refractivity contribution in [1.82, 2.24) is 9.80 Å². The molecule has 1 aliphatic heterocycles. The summed E-state index contributed by atoms with van der Waals surface area (Å²) in [6, 6.07) is 12.2. The van der Waals surface area contributed by atoms with Crippen molar-refractivity contribution < 1.29 is 14.3 Å². The number of amides is 2. The van der Waals surface area contributed by atoms with Crippen LogP contribution in [-0.4, -0.2) is 74.4 Å². The van der Waals surface area contributed by atoms with Crippen LogP contribution >= 0.6 is 11.6 Å². The van der Waals surface area contributed by atoms with Crippen LogP contribution < -0.4 is 19.7 Å². The number of methoxy groups -OCH3 is 1. The van der Waals surface area contributed by atoms with Gasteiger partial charge in [0.15, 0.2) is 11.5 Å². The van der Waals surface area contributed by atoms with Crippen LogP contribution in [0.15, 0.2) is 36.4 Å². The summed E-state index contributed by atoms with van der Waals surface area (Å²) in [4.78, 5) is 19.4. The van der Waals surface area contributed by atoms with E-state index in [1.807, 2.05) is 42.2 Å². The van der Waals surface area contributed by atoms with Gasteiger partial charge in [-0.25, -0.2) is 4.79 Å². The molecule has 0 aromatic heterocycles. The van der Waals surface area contributed by atoms with Gasteiger partial charge in [0.1, 0.15) is 6.61 Å².